The molecule has 1 rings (SSSR count). The van der Waals surface area contributed by atoms with Crippen LogP contribution in [0.5, 0.6) is 0 Å². The predicted octanol–water partition coefficient (Wildman–Crippen LogP) is 1.62. The van der Waals surface area contributed by atoms with Gasteiger partial charge in [-0.3, -0.25) is 4.79 Å². The molecule has 0 aliphatic carbocycles. The number of Topliss-reactive ketones (excluding diaryl/α,β-unsaturated/α-hetero) is 1. The Kier molecular flexibility index (Phi) is 3.70. The maximum atomic E-state index is 12.3. The van der Waals surface area contributed by atoms with Crippen molar-refractivity contribution in [3.8, 4) is 12.1 Å². The smallest absolute Gasteiger partial charge is 0.197 e. The molecule has 2 N–H and O–H groups in total. The molecule has 1 aromatic rings. The van der Waals surface area contributed by atoms with Crippen LogP contribution in [0, 0.1) is 22.7 Å². The van der Waals surface area contributed by atoms with Crippen LogP contribution in [-0.2, 0) is 4.74 Å². The van der Waals surface area contributed by atoms with E-state index >= 15 is 0 Å². The highest BCUT2D eigenvalue weighted by atomic mass is 16.5. The van der Waals surface area contributed by atoms with Crippen molar-refractivity contribution in [1.82, 2.24) is 0 Å². The van der Waals surface area contributed by atoms with Gasteiger partial charge >= 0.3 is 0 Å². The van der Waals surface area contributed by atoms with E-state index < -0.39 is 11.4 Å². The topological polar surface area (TPSA) is 99.9 Å². The molecular weight excluding hydrogens is 230 g/mol. The number of carbonyl (C=O) groups excluding carboxylic acids is 1. The first-order valence-electron chi connectivity index (χ1n) is 5.21. The molecule has 0 bridgehead atoms. The molecule has 0 saturated carbocycles. The fourth-order valence-electron chi connectivity index (χ4n) is 1.47. The average Bonchev–Trinajstić information content (AvgIpc) is 2.37. The molecule has 1 aromatic carbocycles. The molecule has 5 nitrogen and oxygen atoms in total. The molecule has 0 heterocycles. The molecule has 18 heavy (non-hydrogen) atoms. The van der Waals surface area contributed by atoms with E-state index in [0.29, 0.717) is 0 Å². The summed E-state index contributed by atoms with van der Waals surface area (Å²) in [6.07, 6.45) is 0. The number of rotatable bonds is 3. The molecule has 0 aromatic heterocycles. The summed E-state index contributed by atoms with van der Waals surface area (Å²) in [6, 6.07) is 6.59. The molecule has 0 radical (unpaired) electrons. The summed E-state index contributed by atoms with van der Waals surface area (Å²) in [7, 11) is 1.40. The summed E-state index contributed by atoms with van der Waals surface area (Å²) in [6.45, 7) is 3.16. The second kappa shape index (κ2) is 4.87. The normalized spacial score (nSPS) is 10.5. The monoisotopic (exact) mass is 243 g/mol. The number of nitriles is 2. The zero-order valence-electron chi connectivity index (χ0n) is 10.4. The molecule has 0 fully saturated rings. The quantitative estimate of drug-likeness (QED) is 0.642. The van der Waals surface area contributed by atoms with Crippen molar-refractivity contribution in [3.05, 3.63) is 28.8 Å². The second-order valence-corrected chi connectivity index (χ2v) is 4.22. The standard InChI is InChI=1S/C13H13N3O2/c1-13(2,18-3)12(17)11-9(7-15)8(6-14)4-5-10(11)16/h4-5H,16H2,1-3H3. The van der Waals surface area contributed by atoms with E-state index in [9.17, 15) is 4.79 Å². The van der Waals surface area contributed by atoms with Gasteiger partial charge in [0.25, 0.3) is 0 Å². The van der Waals surface area contributed by atoms with Crippen molar-refractivity contribution >= 4 is 11.5 Å². The molecule has 0 amide bonds. The Morgan fingerprint density at radius 1 is 1.33 bits per heavy atom. The minimum atomic E-state index is -1.10. The Balaban J connectivity index is 3.56. The lowest BCUT2D eigenvalue weighted by Gasteiger charge is -2.22. The Hall–Kier alpha value is -2.37. The summed E-state index contributed by atoms with van der Waals surface area (Å²) >= 11 is 0. The number of carbonyl (C=O) groups is 1. The number of anilines is 1. The number of benzene rings is 1. The zero-order chi connectivity index (χ0) is 13.9. The summed E-state index contributed by atoms with van der Waals surface area (Å²) < 4.78 is 5.08. The molecule has 0 aliphatic rings. The molecule has 92 valence electrons. The maximum Gasteiger partial charge on any atom is 0.197 e. The van der Waals surface area contributed by atoms with Crippen molar-refractivity contribution in [2.24, 2.45) is 0 Å². The Morgan fingerprint density at radius 2 is 1.94 bits per heavy atom. The van der Waals surface area contributed by atoms with E-state index in [1.807, 2.05) is 12.1 Å². The van der Waals surface area contributed by atoms with Crippen LogP contribution in [0.15, 0.2) is 12.1 Å². The van der Waals surface area contributed by atoms with Gasteiger partial charge in [-0.05, 0) is 26.0 Å². The van der Waals surface area contributed by atoms with E-state index in [1.54, 1.807) is 13.8 Å². The number of nitrogen functional groups attached to an aromatic ring is 1. The van der Waals surface area contributed by atoms with Gasteiger partial charge in [0.2, 0.25) is 0 Å². The van der Waals surface area contributed by atoms with E-state index in [4.69, 9.17) is 21.0 Å². The van der Waals surface area contributed by atoms with Gasteiger partial charge in [0, 0.05) is 12.8 Å². The van der Waals surface area contributed by atoms with Crippen molar-refractivity contribution in [2.45, 2.75) is 19.4 Å². The highest BCUT2D eigenvalue weighted by Gasteiger charge is 2.32. The van der Waals surface area contributed by atoms with Gasteiger partial charge in [-0.2, -0.15) is 10.5 Å². The number of nitrogens with zero attached hydrogens (tertiary/aromatic N) is 2. The molecular formula is C13H13N3O2. The van der Waals surface area contributed by atoms with E-state index in [-0.39, 0.29) is 22.4 Å². The van der Waals surface area contributed by atoms with Gasteiger partial charge in [0.1, 0.15) is 17.7 Å². The first-order valence-corrected chi connectivity index (χ1v) is 5.21. The Labute approximate surface area is 105 Å². The van der Waals surface area contributed by atoms with Crippen molar-refractivity contribution in [3.63, 3.8) is 0 Å². The third-order valence-corrected chi connectivity index (χ3v) is 2.75. The number of ether oxygens (including phenoxy) is 1. The number of methoxy groups -OCH3 is 1. The third kappa shape index (κ3) is 2.17. The highest BCUT2D eigenvalue weighted by Crippen LogP contribution is 2.26. The molecule has 0 spiro atoms. The van der Waals surface area contributed by atoms with Crippen molar-refractivity contribution < 1.29 is 9.53 Å². The number of hydrogen-bond donors (Lipinski definition) is 1. The van der Waals surface area contributed by atoms with Gasteiger partial charge in [0.05, 0.1) is 16.7 Å². The second-order valence-electron chi connectivity index (χ2n) is 4.22. The van der Waals surface area contributed by atoms with E-state index in [2.05, 4.69) is 0 Å². The van der Waals surface area contributed by atoms with Crippen LogP contribution in [0.25, 0.3) is 0 Å². The zero-order valence-corrected chi connectivity index (χ0v) is 10.4. The van der Waals surface area contributed by atoms with Crippen LogP contribution in [0.2, 0.25) is 0 Å². The minimum absolute atomic E-state index is 0.00683. The maximum absolute atomic E-state index is 12.3. The molecule has 0 unspecified atom stereocenters. The first kappa shape index (κ1) is 13.7. The SMILES string of the molecule is COC(C)(C)C(=O)c1c(N)ccc(C#N)c1C#N. The van der Waals surface area contributed by atoms with Crippen LogP contribution < -0.4 is 5.73 Å². The summed E-state index contributed by atoms with van der Waals surface area (Å²) in [5.74, 6) is -0.420. The van der Waals surface area contributed by atoms with Crippen LogP contribution in [0.4, 0.5) is 5.69 Å². The molecule has 0 atom stereocenters. The van der Waals surface area contributed by atoms with Gasteiger partial charge < -0.3 is 10.5 Å². The molecule has 5 heteroatoms. The van der Waals surface area contributed by atoms with E-state index in [1.165, 1.54) is 19.2 Å². The first-order chi connectivity index (χ1) is 8.38. The lowest BCUT2D eigenvalue weighted by Crippen LogP contribution is -2.35. The molecule has 0 saturated heterocycles. The van der Waals surface area contributed by atoms with Crippen LogP contribution in [0.3, 0.4) is 0 Å². The van der Waals surface area contributed by atoms with Crippen molar-refractivity contribution in [2.75, 3.05) is 12.8 Å². The predicted molar refractivity (Wildman–Crippen MR) is 65.7 cm³/mol. The summed E-state index contributed by atoms with van der Waals surface area (Å²) in [4.78, 5) is 12.3. The fraction of sp³-hybridized carbons (Fsp3) is 0.308. The highest BCUT2D eigenvalue weighted by molar-refractivity contribution is 6.08. The summed E-state index contributed by atoms with van der Waals surface area (Å²) in [5.41, 5.74) is 4.96. The average molecular weight is 243 g/mol. The fourth-order valence-corrected chi connectivity index (χ4v) is 1.47. The van der Waals surface area contributed by atoms with E-state index in [0.717, 1.165) is 0 Å². The Morgan fingerprint density at radius 3 is 2.39 bits per heavy atom. The number of nitrogens with two attached hydrogens (primary N) is 1. The van der Waals surface area contributed by atoms with Crippen LogP contribution in [-0.4, -0.2) is 18.5 Å². The lowest BCUT2D eigenvalue weighted by molar-refractivity contribution is 0.0229. The third-order valence-electron chi connectivity index (χ3n) is 2.75. The molecule has 0 aliphatic heterocycles. The summed E-state index contributed by atoms with van der Waals surface area (Å²) in [5, 5.41) is 18.0. The van der Waals surface area contributed by atoms with Crippen molar-refractivity contribution in [1.29, 1.82) is 10.5 Å². The van der Waals surface area contributed by atoms with Gasteiger partial charge in [-0.1, -0.05) is 0 Å². The van der Waals surface area contributed by atoms with Crippen LogP contribution >= 0.6 is 0 Å². The van der Waals surface area contributed by atoms with Crippen LogP contribution in [0.1, 0.15) is 35.3 Å². The number of hydrogen-bond acceptors (Lipinski definition) is 5. The van der Waals surface area contributed by atoms with Gasteiger partial charge in [-0.15, -0.1) is 0 Å². The minimum Gasteiger partial charge on any atom is -0.398 e. The lowest BCUT2D eigenvalue weighted by atomic mass is 9.90. The number of ketones is 1. The largest absolute Gasteiger partial charge is 0.398 e. The van der Waals surface area contributed by atoms with Gasteiger partial charge in [0.15, 0.2) is 5.78 Å². The van der Waals surface area contributed by atoms with Gasteiger partial charge in [-0.25, -0.2) is 0 Å². The Bertz CT molecular complexity index is 577.